The molecular weight excluding hydrogens is 250 g/mol. The maximum absolute atomic E-state index is 13.9. The predicted molar refractivity (Wildman–Crippen MR) is 68.5 cm³/mol. The Bertz CT molecular complexity index is 833. The van der Waals surface area contributed by atoms with E-state index >= 15 is 0 Å². The fraction of sp³-hybridized carbons (Fsp3) is 0.0714. The highest BCUT2D eigenvalue weighted by molar-refractivity contribution is 5.78. The first-order valence-electron chi connectivity index (χ1n) is 5.73. The molecule has 0 saturated heterocycles. The lowest BCUT2D eigenvalue weighted by Crippen LogP contribution is -2.15. The molecule has 3 nitrogen and oxygen atoms in total. The van der Waals surface area contributed by atoms with Crippen molar-refractivity contribution in [3.05, 3.63) is 64.1 Å². The Morgan fingerprint density at radius 1 is 1.16 bits per heavy atom. The van der Waals surface area contributed by atoms with Gasteiger partial charge in [0.2, 0.25) is 0 Å². The molecular formula is C14H10F2N2O. The minimum atomic E-state index is -1.03. The van der Waals surface area contributed by atoms with Crippen LogP contribution in [-0.2, 0) is 0 Å². The third kappa shape index (κ3) is 1.74. The van der Waals surface area contributed by atoms with Crippen LogP contribution in [0.2, 0.25) is 0 Å². The number of aromatic amines is 1. The molecule has 0 unspecified atom stereocenters. The first-order chi connectivity index (χ1) is 9.08. The van der Waals surface area contributed by atoms with Gasteiger partial charge in [0.25, 0.3) is 0 Å². The molecule has 1 N–H and O–H groups in total. The Labute approximate surface area is 107 Å². The van der Waals surface area contributed by atoms with Gasteiger partial charge in [0.1, 0.15) is 5.52 Å². The van der Waals surface area contributed by atoms with Crippen LogP contribution < -0.4 is 5.69 Å². The molecule has 1 heterocycles. The molecule has 0 spiro atoms. The lowest BCUT2D eigenvalue weighted by Gasteiger charge is -2.05. The predicted octanol–water partition coefficient (Wildman–Crippen LogP) is 2.91. The Morgan fingerprint density at radius 2 is 1.95 bits per heavy atom. The van der Waals surface area contributed by atoms with Crippen LogP contribution in [0.3, 0.4) is 0 Å². The van der Waals surface area contributed by atoms with E-state index in [9.17, 15) is 13.6 Å². The van der Waals surface area contributed by atoms with Crippen molar-refractivity contribution in [2.45, 2.75) is 6.92 Å². The Balaban J connectivity index is 2.44. The molecule has 0 amide bonds. The zero-order valence-corrected chi connectivity index (χ0v) is 10.1. The topological polar surface area (TPSA) is 37.8 Å². The second-order valence-electron chi connectivity index (χ2n) is 4.36. The summed E-state index contributed by atoms with van der Waals surface area (Å²) in [6, 6.07) is 9.37. The zero-order valence-electron chi connectivity index (χ0n) is 10.1. The van der Waals surface area contributed by atoms with Crippen molar-refractivity contribution in [1.29, 1.82) is 0 Å². The van der Waals surface area contributed by atoms with Gasteiger partial charge < -0.3 is 4.98 Å². The van der Waals surface area contributed by atoms with Crippen molar-refractivity contribution < 1.29 is 8.78 Å². The molecule has 0 aliphatic carbocycles. The van der Waals surface area contributed by atoms with Gasteiger partial charge >= 0.3 is 5.69 Å². The molecule has 19 heavy (non-hydrogen) atoms. The van der Waals surface area contributed by atoms with Crippen molar-refractivity contribution in [1.82, 2.24) is 9.55 Å². The third-order valence-electron chi connectivity index (χ3n) is 3.00. The second-order valence-corrected chi connectivity index (χ2v) is 4.36. The average Bonchev–Trinajstić information content (AvgIpc) is 2.71. The molecule has 96 valence electrons. The molecule has 0 fully saturated rings. The van der Waals surface area contributed by atoms with Crippen molar-refractivity contribution in [3.63, 3.8) is 0 Å². The minimum Gasteiger partial charge on any atom is -0.305 e. The number of hydrogen-bond donors (Lipinski definition) is 1. The van der Waals surface area contributed by atoms with Crippen molar-refractivity contribution in [2.24, 2.45) is 0 Å². The summed E-state index contributed by atoms with van der Waals surface area (Å²) in [5.74, 6) is -2.01. The van der Waals surface area contributed by atoms with E-state index in [-0.39, 0.29) is 11.0 Å². The monoisotopic (exact) mass is 260 g/mol. The molecule has 0 atom stereocenters. The number of aromatic nitrogens is 2. The second kappa shape index (κ2) is 4.05. The lowest BCUT2D eigenvalue weighted by molar-refractivity contribution is 0.514. The van der Waals surface area contributed by atoms with E-state index in [4.69, 9.17) is 0 Å². The van der Waals surface area contributed by atoms with E-state index in [0.29, 0.717) is 5.69 Å². The van der Waals surface area contributed by atoms with Gasteiger partial charge in [-0.2, -0.15) is 0 Å². The van der Waals surface area contributed by atoms with Crippen LogP contribution in [0.15, 0.2) is 41.2 Å². The molecule has 0 saturated carbocycles. The van der Waals surface area contributed by atoms with Gasteiger partial charge in [-0.05, 0) is 36.8 Å². The Kier molecular flexibility index (Phi) is 2.48. The smallest absolute Gasteiger partial charge is 0.305 e. The number of imidazole rings is 1. The highest BCUT2D eigenvalue weighted by atomic mass is 19.2. The molecule has 3 rings (SSSR count). The molecule has 5 heteroatoms. The zero-order chi connectivity index (χ0) is 13.6. The summed E-state index contributed by atoms with van der Waals surface area (Å²) in [6.45, 7) is 1.86. The molecule has 0 radical (unpaired) electrons. The first-order valence-corrected chi connectivity index (χ1v) is 5.73. The van der Waals surface area contributed by atoms with Crippen molar-refractivity contribution >= 4 is 11.0 Å². The number of fused-ring (bicyclic) bond motifs is 1. The van der Waals surface area contributed by atoms with Gasteiger partial charge in [-0.1, -0.05) is 12.1 Å². The van der Waals surface area contributed by atoms with Gasteiger partial charge in [0.15, 0.2) is 11.6 Å². The maximum Gasteiger partial charge on any atom is 0.331 e. The van der Waals surface area contributed by atoms with Crippen LogP contribution in [0, 0.1) is 18.6 Å². The molecule has 0 bridgehead atoms. The van der Waals surface area contributed by atoms with Gasteiger partial charge in [0.05, 0.1) is 11.2 Å². The highest BCUT2D eigenvalue weighted by Crippen LogP contribution is 2.21. The van der Waals surface area contributed by atoms with Gasteiger partial charge in [-0.3, -0.25) is 4.57 Å². The van der Waals surface area contributed by atoms with Gasteiger partial charge in [-0.15, -0.1) is 0 Å². The van der Waals surface area contributed by atoms with E-state index in [1.807, 2.05) is 13.0 Å². The number of halogens is 2. The minimum absolute atomic E-state index is 0.0735. The molecule has 0 aliphatic heterocycles. The molecule has 3 aromatic rings. The quantitative estimate of drug-likeness (QED) is 0.717. The normalized spacial score (nSPS) is 11.1. The van der Waals surface area contributed by atoms with Crippen LogP contribution in [0.5, 0.6) is 0 Å². The number of aryl methyl sites for hydroxylation is 1. The van der Waals surface area contributed by atoms with Crippen molar-refractivity contribution in [2.75, 3.05) is 0 Å². The number of benzene rings is 2. The lowest BCUT2D eigenvalue weighted by atomic mass is 10.2. The van der Waals surface area contributed by atoms with Crippen molar-refractivity contribution in [3.8, 4) is 5.69 Å². The molecule has 1 aromatic heterocycles. The first kappa shape index (κ1) is 11.6. The summed E-state index contributed by atoms with van der Waals surface area (Å²) < 4.78 is 28.4. The van der Waals surface area contributed by atoms with E-state index in [0.717, 1.165) is 16.2 Å². The number of rotatable bonds is 1. The van der Waals surface area contributed by atoms with E-state index in [1.165, 1.54) is 6.07 Å². The summed E-state index contributed by atoms with van der Waals surface area (Å²) in [6.07, 6.45) is 0. The Morgan fingerprint density at radius 3 is 2.68 bits per heavy atom. The third-order valence-corrected chi connectivity index (χ3v) is 3.00. The molecule has 0 aliphatic rings. The number of H-pyrrole nitrogens is 1. The maximum atomic E-state index is 13.9. The van der Waals surface area contributed by atoms with Crippen LogP contribution in [0.4, 0.5) is 8.78 Å². The average molecular weight is 260 g/mol. The van der Waals surface area contributed by atoms with Gasteiger partial charge in [0, 0.05) is 0 Å². The van der Waals surface area contributed by atoms with Gasteiger partial charge in [-0.25, -0.2) is 13.6 Å². The van der Waals surface area contributed by atoms with Crippen LogP contribution in [0.25, 0.3) is 16.7 Å². The van der Waals surface area contributed by atoms with E-state index < -0.39 is 17.3 Å². The van der Waals surface area contributed by atoms with E-state index in [2.05, 4.69) is 4.98 Å². The summed E-state index contributed by atoms with van der Waals surface area (Å²) >= 11 is 0. The summed E-state index contributed by atoms with van der Waals surface area (Å²) in [7, 11) is 0. The summed E-state index contributed by atoms with van der Waals surface area (Å²) in [5.41, 5.74) is 1.13. The SMILES string of the molecule is Cc1cccc(-n2c(=O)[nH]c3ccc(F)c(F)c32)c1. The van der Waals surface area contributed by atoms with Crippen LogP contribution in [-0.4, -0.2) is 9.55 Å². The highest BCUT2D eigenvalue weighted by Gasteiger charge is 2.16. The molecule has 2 aromatic carbocycles. The number of hydrogen-bond acceptors (Lipinski definition) is 1. The largest absolute Gasteiger partial charge is 0.331 e. The fourth-order valence-corrected chi connectivity index (χ4v) is 2.15. The van der Waals surface area contributed by atoms with Crippen LogP contribution >= 0.6 is 0 Å². The standard InChI is InChI=1S/C14H10F2N2O/c1-8-3-2-4-9(7-8)18-13-11(17-14(18)19)6-5-10(15)12(13)16/h2-7H,1H3,(H,17,19). The summed E-state index contributed by atoms with van der Waals surface area (Å²) in [5, 5.41) is 0. The number of nitrogens with zero attached hydrogens (tertiary/aromatic N) is 1. The summed E-state index contributed by atoms with van der Waals surface area (Å²) in [4.78, 5) is 14.4. The fourth-order valence-electron chi connectivity index (χ4n) is 2.15. The van der Waals surface area contributed by atoms with Crippen LogP contribution in [0.1, 0.15) is 5.56 Å². The number of nitrogens with one attached hydrogen (secondary N) is 1. The van der Waals surface area contributed by atoms with E-state index in [1.54, 1.807) is 18.2 Å². The Hall–Kier alpha value is -2.43.